The number of hydrogen-bond acceptors (Lipinski definition) is 4. The molecular formula is C20H31N3O2. The second kappa shape index (κ2) is 8.19. The average molecular weight is 345 g/mol. The summed E-state index contributed by atoms with van der Waals surface area (Å²) in [5, 5.41) is 13.4. The van der Waals surface area contributed by atoms with Gasteiger partial charge in [-0.15, -0.1) is 0 Å². The van der Waals surface area contributed by atoms with Gasteiger partial charge in [0.1, 0.15) is 0 Å². The Morgan fingerprint density at radius 3 is 2.32 bits per heavy atom. The fourth-order valence-electron chi connectivity index (χ4n) is 4.07. The first-order valence-electron chi connectivity index (χ1n) is 9.55. The molecule has 2 aliphatic rings. The lowest BCUT2D eigenvalue weighted by atomic mass is 9.89. The molecule has 138 valence electrons. The number of anilines is 1. The first kappa shape index (κ1) is 18.2. The van der Waals surface area contributed by atoms with Crippen molar-refractivity contribution in [2.24, 2.45) is 0 Å². The third-order valence-electron chi connectivity index (χ3n) is 5.67. The number of rotatable bonds is 4. The number of likely N-dealkylation sites (tertiary alicyclic amines) is 1. The van der Waals surface area contributed by atoms with E-state index in [1.54, 1.807) is 0 Å². The van der Waals surface area contributed by atoms with E-state index in [-0.39, 0.29) is 18.1 Å². The van der Waals surface area contributed by atoms with Crippen LogP contribution in [0.25, 0.3) is 0 Å². The summed E-state index contributed by atoms with van der Waals surface area (Å²) in [6.07, 6.45) is 6.17. The Morgan fingerprint density at radius 1 is 1.08 bits per heavy atom. The van der Waals surface area contributed by atoms with Crippen LogP contribution in [0.4, 0.5) is 5.69 Å². The highest BCUT2D eigenvalue weighted by Gasteiger charge is 2.31. The molecule has 0 spiro atoms. The van der Waals surface area contributed by atoms with Crippen LogP contribution in [0.15, 0.2) is 24.3 Å². The van der Waals surface area contributed by atoms with Gasteiger partial charge in [0.15, 0.2) is 0 Å². The molecule has 5 heteroatoms. The molecule has 2 atom stereocenters. The minimum atomic E-state index is -0.171. The zero-order chi connectivity index (χ0) is 17.8. The molecule has 2 unspecified atom stereocenters. The van der Waals surface area contributed by atoms with Gasteiger partial charge in [0.2, 0.25) is 0 Å². The smallest absolute Gasteiger partial charge is 0.251 e. The number of carbonyl (C=O) groups is 1. The summed E-state index contributed by atoms with van der Waals surface area (Å²) in [7, 11) is 3.98. The number of hydrogen-bond donors (Lipinski definition) is 2. The van der Waals surface area contributed by atoms with E-state index in [1.807, 2.05) is 43.3 Å². The van der Waals surface area contributed by atoms with Crippen LogP contribution in [0.5, 0.6) is 0 Å². The van der Waals surface area contributed by atoms with Crippen LogP contribution in [0.2, 0.25) is 0 Å². The molecule has 1 heterocycles. The van der Waals surface area contributed by atoms with E-state index >= 15 is 0 Å². The first-order valence-corrected chi connectivity index (χ1v) is 9.55. The number of nitrogens with zero attached hydrogens (tertiary/aromatic N) is 2. The number of piperidine rings is 1. The second-order valence-electron chi connectivity index (χ2n) is 7.64. The molecule has 1 amide bonds. The lowest BCUT2D eigenvalue weighted by molar-refractivity contribution is 0.00727. The molecule has 1 aliphatic carbocycles. The summed E-state index contributed by atoms with van der Waals surface area (Å²) in [5.74, 6) is 0.0152. The minimum absolute atomic E-state index is 0.0152. The predicted molar refractivity (Wildman–Crippen MR) is 101 cm³/mol. The van der Waals surface area contributed by atoms with Crippen molar-refractivity contribution >= 4 is 11.6 Å². The summed E-state index contributed by atoms with van der Waals surface area (Å²) < 4.78 is 0. The van der Waals surface area contributed by atoms with E-state index in [1.165, 1.54) is 6.42 Å². The van der Waals surface area contributed by atoms with Gasteiger partial charge in [-0.2, -0.15) is 0 Å². The number of carbonyl (C=O) groups excluding carboxylic acids is 1. The maximum absolute atomic E-state index is 12.5. The zero-order valence-electron chi connectivity index (χ0n) is 15.4. The second-order valence-corrected chi connectivity index (χ2v) is 7.64. The monoisotopic (exact) mass is 345 g/mol. The van der Waals surface area contributed by atoms with Gasteiger partial charge in [0, 0.05) is 50.5 Å². The maximum Gasteiger partial charge on any atom is 0.251 e. The van der Waals surface area contributed by atoms with Crippen molar-refractivity contribution < 1.29 is 9.90 Å². The molecule has 5 nitrogen and oxygen atoms in total. The summed E-state index contributed by atoms with van der Waals surface area (Å²) in [6.45, 7) is 1.93. The third kappa shape index (κ3) is 4.53. The Morgan fingerprint density at radius 2 is 1.72 bits per heavy atom. The fraction of sp³-hybridized carbons (Fsp3) is 0.650. The van der Waals surface area contributed by atoms with Crippen LogP contribution in [-0.4, -0.2) is 61.3 Å². The van der Waals surface area contributed by atoms with Gasteiger partial charge in [0.05, 0.1) is 6.10 Å². The molecule has 1 aromatic rings. The van der Waals surface area contributed by atoms with Crippen molar-refractivity contribution in [1.82, 2.24) is 10.2 Å². The van der Waals surface area contributed by atoms with Crippen molar-refractivity contribution in [3.63, 3.8) is 0 Å². The highest BCUT2D eigenvalue weighted by atomic mass is 16.3. The average Bonchev–Trinajstić information content (AvgIpc) is 2.63. The van der Waals surface area contributed by atoms with Crippen LogP contribution in [0, 0.1) is 0 Å². The highest BCUT2D eigenvalue weighted by Crippen LogP contribution is 2.26. The molecule has 3 rings (SSSR count). The predicted octanol–water partition coefficient (Wildman–Crippen LogP) is 2.25. The number of aliphatic hydroxyl groups is 1. The van der Waals surface area contributed by atoms with Gasteiger partial charge in [-0.3, -0.25) is 9.69 Å². The lowest BCUT2D eigenvalue weighted by Gasteiger charge is -2.41. The lowest BCUT2D eigenvalue weighted by Crippen LogP contribution is -2.52. The first-order chi connectivity index (χ1) is 12.0. The van der Waals surface area contributed by atoms with Crippen molar-refractivity contribution in [1.29, 1.82) is 0 Å². The normalized spacial score (nSPS) is 25.6. The molecule has 0 radical (unpaired) electrons. The molecule has 1 saturated heterocycles. The third-order valence-corrected chi connectivity index (χ3v) is 5.67. The van der Waals surface area contributed by atoms with E-state index < -0.39 is 0 Å². The molecule has 1 aliphatic heterocycles. The van der Waals surface area contributed by atoms with Crippen molar-refractivity contribution in [3.05, 3.63) is 29.8 Å². The molecule has 0 bridgehead atoms. The molecule has 0 aromatic heterocycles. The van der Waals surface area contributed by atoms with Crippen LogP contribution < -0.4 is 10.2 Å². The minimum Gasteiger partial charge on any atom is -0.391 e. The van der Waals surface area contributed by atoms with Crippen LogP contribution in [0.1, 0.15) is 48.9 Å². The number of aliphatic hydroxyl groups excluding tert-OH is 1. The van der Waals surface area contributed by atoms with Gasteiger partial charge >= 0.3 is 0 Å². The Bertz CT molecular complexity index is 565. The van der Waals surface area contributed by atoms with Crippen molar-refractivity contribution in [3.8, 4) is 0 Å². The standard InChI is InChI=1S/C20H31N3O2/c1-22(2)17-9-7-15(8-10-17)20(25)21-16-11-13-23(14-12-16)18-5-3-4-6-19(18)24/h7-10,16,18-19,24H,3-6,11-14H2,1-2H3,(H,21,25). The Hall–Kier alpha value is -1.59. The summed E-state index contributed by atoms with van der Waals surface area (Å²) in [5.41, 5.74) is 1.81. The fourth-order valence-corrected chi connectivity index (χ4v) is 4.07. The maximum atomic E-state index is 12.5. The van der Waals surface area contributed by atoms with Crippen molar-refractivity contribution in [2.45, 2.75) is 56.7 Å². The molecule has 2 fully saturated rings. The topological polar surface area (TPSA) is 55.8 Å². The largest absolute Gasteiger partial charge is 0.391 e. The molecule has 2 N–H and O–H groups in total. The summed E-state index contributed by atoms with van der Waals surface area (Å²) in [4.78, 5) is 16.9. The van der Waals surface area contributed by atoms with Gasteiger partial charge in [-0.1, -0.05) is 12.8 Å². The van der Waals surface area contributed by atoms with Crippen LogP contribution >= 0.6 is 0 Å². The van der Waals surface area contributed by atoms with Gasteiger partial charge in [-0.25, -0.2) is 0 Å². The number of benzene rings is 1. The quantitative estimate of drug-likeness (QED) is 0.879. The van der Waals surface area contributed by atoms with Gasteiger partial charge < -0.3 is 15.3 Å². The van der Waals surface area contributed by atoms with Crippen molar-refractivity contribution in [2.75, 3.05) is 32.1 Å². The molecule has 1 aromatic carbocycles. The van der Waals surface area contributed by atoms with E-state index in [0.717, 1.165) is 56.4 Å². The molecular weight excluding hydrogens is 314 g/mol. The Kier molecular flexibility index (Phi) is 5.97. The highest BCUT2D eigenvalue weighted by molar-refractivity contribution is 5.94. The Balaban J connectivity index is 1.49. The van der Waals surface area contributed by atoms with E-state index in [2.05, 4.69) is 10.2 Å². The zero-order valence-corrected chi connectivity index (χ0v) is 15.4. The molecule has 1 saturated carbocycles. The van der Waals surface area contributed by atoms with Crippen LogP contribution in [0.3, 0.4) is 0 Å². The Labute approximate surface area is 151 Å². The number of amides is 1. The summed E-state index contributed by atoms with van der Waals surface area (Å²) in [6, 6.07) is 8.28. The summed E-state index contributed by atoms with van der Waals surface area (Å²) >= 11 is 0. The SMILES string of the molecule is CN(C)c1ccc(C(=O)NC2CCN(C3CCCCC3O)CC2)cc1. The van der Waals surface area contributed by atoms with E-state index in [9.17, 15) is 9.90 Å². The van der Waals surface area contributed by atoms with Gasteiger partial charge in [-0.05, 0) is 49.9 Å². The van der Waals surface area contributed by atoms with E-state index in [4.69, 9.17) is 0 Å². The van der Waals surface area contributed by atoms with E-state index in [0.29, 0.717) is 6.04 Å². The van der Waals surface area contributed by atoms with Crippen LogP contribution in [-0.2, 0) is 0 Å². The molecule has 25 heavy (non-hydrogen) atoms. The van der Waals surface area contributed by atoms with Gasteiger partial charge in [0.25, 0.3) is 5.91 Å². The number of nitrogens with one attached hydrogen (secondary N) is 1.